The molecule has 0 fully saturated rings. The van der Waals surface area contributed by atoms with Gasteiger partial charge in [-0.2, -0.15) is 0 Å². The van der Waals surface area contributed by atoms with Crippen LogP contribution in [-0.2, 0) is 0 Å². The quantitative estimate of drug-likeness (QED) is 0.478. The Balaban J connectivity index is 3.30. The lowest BCUT2D eigenvalue weighted by atomic mass is 10.2. The van der Waals surface area contributed by atoms with Gasteiger partial charge in [-0.15, -0.1) is 0 Å². The molecule has 0 saturated heterocycles. The van der Waals surface area contributed by atoms with Crippen molar-refractivity contribution in [2.45, 2.75) is 27.2 Å². The summed E-state index contributed by atoms with van der Waals surface area (Å²) in [7, 11) is 0. The predicted octanol–water partition coefficient (Wildman–Crippen LogP) is 2.72. The average molecular weight is 109 g/mol. The molecule has 0 aliphatic carbocycles. The molecule has 0 N–H and O–H groups in total. The highest BCUT2D eigenvalue weighted by Crippen LogP contribution is 1.91. The summed E-state index contributed by atoms with van der Waals surface area (Å²) in [5, 5.41) is 0. The van der Waals surface area contributed by atoms with Gasteiger partial charge < -0.3 is 0 Å². The zero-order valence-electron chi connectivity index (χ0n) is 5.86. The summed E-state index contributed by atoms with van der Waals surface area (Å²) in [6.07, 6.45) is 8.26. The number of rotatable bonds is 2. The summed E-state index contributed by atoms with van der Waals surface area (Å²) in [6.45, 7) is 6.14. The van der Waals surface area contributed by atoms with Crippen LogP contribution in [0.4, 0.5) is 0 Å². The lowest BCUT2D eigenvalue weighted by Crippen LogP contribution is -1.63. The van der Waals surface area contributed by atoms with E-state index in [1.54, 1.807) is 0 Å². The topological polar surface area (TPSA) is 0 Å². The first-order chi connectivity index (χ1) is 3.77. The molecule has 0 aliphatic rings. The van der Waals surface area contributed by atoms with Crippen molar-refractivity contribution in [3.63, 3.8) is 0 Å². The van der Waals surface area contributed by atoms with Crippen LogP contribution in [0.2, 0.25) is 0 Å². The van der Waals surface area contributed by atoms with Crippen LogP contribution >= 0.6 is 0 Å². The van der Waals surface area contributed by atoms with E-state index in [4.69, 9.17) is 0 Å². The van der Waals surface area contributed by atoms with Gasteiger partial charge in [-0.05, 0) is 33.3 Å². The normalized spacial score (nSPS) is 9.88. The van der Waals surface area contributed by atoms with Gasteiger partial charge in [0.05, 0.1) is 0 Å². The standard InChI is InChI=1S/C8H13/c1-4-5-6-7-8(2)3/h4-5H,6H2,1-3H3. The third-order valence-corrected chi connectivity index (χ3v) is 0.809. The first-order valence-electron chi connectivity index (χ1n) is 2.92. The van der Waals surface area contributed by atoms with Crippen molar-refractivity contribution in [1.82, 2.24) is 0 Å². The Hall–Kier alpha value is -0.520. The van der Waals surface area contributed by atoms with Crippen molar-refractivity contribution in [2.75, 3.05) is 0 Å². The SMILES string of the molecule is CC=CC[C]=C(C)C. The molecule has 0 bridgehead atoms. The van der Waals surface area contributed by atoms with Crippen molar-refractivity contribution < 1.29 is 0 Å². The van der Waals surface area contributed by atoms with Crippen molar-refractivity contribution in [3.05, 3.63) is 23.8 Å². The Kier molecular flexibility index (Phi) is 4.33. The third-order valence-electron chi connectivity index (χ3n) is 0.809. The van der Waals surface area contributed by atoms with E-state index < -0.39 is 0 Å². The molecule has 0 aliphatic heterocycles. The summed E-state index contributed by atoms with van der Waals surface area (Å²) in [4.78, 5) is 0. The average Bonchev–Trinajstić information content (AvgIpc) is 1.66. The zero-order valence-corrected chi connectivity index (χ0v) is 5.86. The number of allylic oxidation sites excluding steroid dienone is 4. The Morgan fingerprint density at radius 2 is 2.12 bits per heavy atom. The maximum atomic E-state index is 3.18. The minimum atomic E-state index is 0.957. The summed E-state index contributed by atoms with van der Waals surface area (Å²) in [6, 6.07) is 0. The van der Waals surface area contributed by atoms with Crippen molar-refractivity contribution in [2.24, 2.45) is 0 Å². The first-order valence-corrected chi connectivity index (χ1v) is 2.92. The van der Waals surface area contributed by atoms with Crippen LogP contribution in [-0.4, -0.2) is 0 Å². The van der Waals surface area contributed by atoms with Crippen molar-refractivity contribution in [3.8, 4) is 0 Å². The van der Waals surface area contributed by atoms with Crippen molar-refractivity contribution in [1.29, 1.82) is 0 Å². The highest BCUT2D eigenvalue weighted by molar-refractivity contribution is 4.91. The molecule has 0 aromatic rings. The zero-order chi connectivity index (χ0) is 6.41. The van der Waals surface area contributed by atoms with Gasteiger partial charge in [-0.3, -0.25) is 0 Å². The molecule has 0 heteroatoms. The van der Waals surface area contributed by atoms with Crippen molar-refractivity contribution >= 4 is 0 Å². The molecule has 0 unspecified atom stereocenters. The van der Waals surface area contributed by atoms with E-state index in [2.05, 4.69) is 26.0 Å². The molecular weight excluding hydrogens is 96.1 g/mol. The van der Waals surface area contributed by atoms with Gasteiger partial charge >= 0.3 is 0 Å². The predicted molar refractivity (Wildman–Crippen MR) is 37.5 cm³/mol. The summed E-state index contributed by atoms with van der Waals surface area (Å²) >= 11 is 0. The molecule has 0 aromatic heterocycles. The molecule has 0 amide bonds. The van der Waals surface area contributed by atoms with E-state index >= 15 is 0 Å². The Morgan fingerprint density at radius 3 is 2.50 bits per heavy atom. The second-order valence-electron chi connectivity index (χ2n) is 1.95. The fourth-order valence-corrected chi connectivity index (χ4v) is 0.381. The molecular formula is C8H13. The van der Waals surface area contributed by atoms with Crippen LogP contribution in [0.5, 0.6) is 0 Å². The molecule has 0 atom stereocenters. The first kappa shape index (κ1) is 7.48. The maximum absolute atomic E-state index is 3.18. The minimum absolute atomic E-state index is 0.957. The van der Waals surface area contributed by atoms with E-state index in [-0.39, 0.29) is 0 Å². The molecule has 0 nitrogen and oxygen atoms in total. The molecule has 0 saturated carbocycles. The van der Waals surface area contributed by atoms with Crippen LogP contribution in [0.3, 0.4) is 0 Å². The Bertz CT molecular complexity index is 92.6. The van der Waals surface area contributed by atoms with Gasteiger partial charge in [0.1, 0.15) is 0 Å². The molecule has 0 heterocycles. The van der Waals surface area contributed by atoms with Gasteiger partial charge in [0, 0.05) is 0 Å². The highest BCUT2D eigenvalue weighted by Gasteiger charge is 1.72. The van der Waals surface area contributed by atoms with E-state index in [1.165, 1.54) is 5.57 Å². The van der Waals surface area contributed by atoms with Crippen LogP contribution < -0.4 is 0 Å². The van der Waals surface area contributed by atoms with Crippen LogP contribution in [0.1, 0.15) is 27.2 Å². The summed E-state index contributed by atoms with van der Waals surface area (Å²) in [5.41, 5.74) is 1.27. The largest absolute Gasteiger partial charge is 0.0913 e. The highest BCUT2D eigenvalue weighted by atomic mass is 13.8. The molecule has 0 aromatic carbocycles. The fraction of sp³-hybridized carbons (Fsp3) is 0.500. The molecule has 45 valence electrons. The second-order valence-corrected chi connectivity index (χ2v) is 1.95. The van der Waals surface area contributed by atoms with E-state index in [0.717, 1.165) is 6.42 Å². The molecule has 1 radical (unpaired) electrons. The fourth-order valence-electron chi connectivity index (χ4n) is 0.381. The monoisotopic (exact) mass is 109 g/mol. The summed E-state index contributed by atoms with van der Waals surface area (Å²) < 4.78 is 0. The second kappa shape index (κ2) is 4.63. The minimum Gasteiger partial charge on any atom is -0.0913 e. The smallest absolute Gasteiger partial charge is 0.00954 e. The molecule has 0 spiro atoms. The van der Waals surface area contributed by atoms with Gasteiger partial charge in [0.2, 0.25) is 0 Å². The van der Waals surface area contributed by atoms with E-state index in [0.29, 0.717) is 0 Å². The Morgan fingerprint density at radius 1 is 1.50 bits per heavy atom. The molecule has 8 heavy (non-hydrogen) atoms. The third kappa shape index (κ3) is 5.48. The van der Waals surface area contributed by atoms with Crippen LogP contribution in [0.25, 0.3) is 0 Å². The maximum Gasteiger partial charge on any atom is -0.00954 e. The Labute approximate surface area is 51.9 Å². The van der Waals surface area contributed by atoms with Gasteiger partial charge in [0.25, 0.3) is 0 Å². The van der Waals surface area contributed by atoms with Gasteiger partial charge in [-0.1, -0.05) is 17.7 Å². The number of hydrogen-bond acceptors (Lipinski definition) is 0. The van der Waals surface area contributed by atoms with Crippen LogP contribution in [0, 0.1) is 6.08 Å². The lowest BCUT2D eigenvalue weighted by Gasteiger charge is -1.82. The molecule has 0 rings (SSSR count). The lowest BCUT2D eigenvalue weighted by molar-refractivity contribution is 1.23. The van der Waals surface area contributed by atoms with E-state index in [1.807, 2.05) is 13.0 Å². The van der Waals surface area contributed by atoms with Gasteiger partial charge in [0.15, 0.2) is 0 Å². The summed E-state index contributed by atoms with van der Waals surface area (Å²) in [5.74, 6) is 0. The van der Waals surface area contributed by atoms with E-state index in [9.17, 15) is 0 Å². The van der Waals surface area contributed by atoms with Gasteiger partial charge in [-0.25, -0.2) is 0 Å². The van der Waals surface area contributed by atoms with Crippen LogP contribution in [0.15, 0.2) is 17.7 Å². The number of hydrogen-bond donors (Lipinski definition) is 0.